The molecular weight excluding hydrogens is 170 g/mol. The molecule has 0 aliphatic carbocycles. The van der Waals surface area contributed by atoms with E-state index in [9.17, 15) is 22.0 Å². The van der Waals surface area contributed by atoms with Crippen LogP contribution in [0.15, 0.2) is 0 Å². The summed E-state index contributed by atoms with van der Waals surface area (Å²) in [5.74, 6) is 0. The van der Waals surface area contributed by atoms with Gasteiger partial charge in [0.1, 0.15) is 0 Å². The molecular formula is C3H2F5NaO. The predicted octanol–water partition coefficient (Wildman–Crippen LogP) is 0.671. The fourth-order valence-electron chi connectivity index (χ4n) is 0.287. The molecule has 0 aromatic heterocycles. The molecule has 0 amide bonds. The van der Waals surface area contributed by atoms with Gasteiger partial charge in [-0.05, 0) is 0 Å². The van der Waals surface area contributed by atoms with Crippen molar-refractivity contribution in [2.75, 3.05) is 0 Å². The molecule has 1 N–H and O–H groups in total. The van der Waals surface area contributed by atoms with Gasteiger partial charge < -0.3 is 0 Å². The van der Waals surface area contributed by atoms with Gasteiger partial charge in [-0.1, -0.05) is 0 Å². The quantitative estimate of drug-likeness (QED) is 0.455. The summed E-state index contributed by atoms with van der Waals surface area (Å²) in [7, 11) is 0. The fourth-order valence-corrected chi connectivity index (χ4v) is 0.615. The number of rotatable bonds is 1. The third-order valence-corrected chi connectivity index (χ3v) is 1.34. The van der Waals surface area contributed by atoms with Crippen molar-refractivity contribution in [2.45, 2.75) is 15.5 Å². The van der Waals surface area contributed by atoms with E-state index >= 15 is 0 Å². The molecule has 0 aromatic rings. The molecule has 0 aromatic carbocycles. The Morgan fingerprint density at radius 2 is 1.40 bits per heavy atom. The van der Waals surface area contributed by atoms with Crippen LogP contribution in [0.25, 0.3) is 0 Å². The summed E-state index contributed by atoms with van der Waals surface area (Å²) in [5, 5.41) is 7.88. The van der Waals surface area contributed by atoms with Gasteiger partial charge in [-0.2, -0.15) is 0 Å². The molecule has 0 heterocycles. The molecule has 0 fully saturated rings. The van der Waals surface area contributed by atoms with Gasteiger partial charge >= 0.3 is 70.4 Å². The van der Waals surface area contributed by atoms with Crippen LogP contribution in [-0.2, 0) is 0 Å². The van der Waals surface area contributed by atoms with Crippen molar-refractivity contribution in [3.63, 3.8) is 0 Å². The Morgan fingerprint density at radius 1 is 1.10 bits per heavy atom. The Labute approximate surface area is 70.6 Å². The molecule has 1 atom stereocenters. The fraction of sp³-hybridized carbons (Fsp3) is 1.00. The first-order chi connectivity index (χ1) is 4.15. The second kappa shape index (κ2) is 2.92. The van der Waals surface area contributed by atoms with Crippen LogP contribution in [0.1, 0.15) is 0 Å². The molecule has 0 radical (unpaired) electrons. The van der Waals surface area contributed by atoms with Gasteiger partial charge in [0, 0.05) is 0 Å². The minimum absolute atomic E-state index is 1.01. The van der Waals surface area contributed by atoms with E-state index in [4.69, 9.17) is 5.11 Å². The van der Waals surface area contributed by atoms with Crippen molar-refractivity contribution in [1.82, 2.24) is 0 Å². The van der Waals surface area contributed by atoms with Crippen molar-refractivity contribution in [3.05, 3.63) is 0 Å². The van der Waals surface area contributed by atoms with Crippen LogP contribution in [-0.4, -0.2) is 48.5 Å². The third kappa shape index (κ3) is 3.14. The first kappa shape index (κ1) is 10.6. The van der Waals surface area contributed by atoms with E-state index in [1.165, 1.54) is 0 Å². The second-order valence-electron chi connectivity index (χ2n) is 1.90. The number of hydrogen-bond donors (Lipinski definition) is 1. The van der Waals surface area contributed by atoms with E-state index in [1.807, 2.05) is 0 Å². The van der Waals surface area contributed by atoms with Crippen LogP contribution in [0.4, 0.5) is 22.0 Å². The number of alkyl halides is 5. The van der Waals surface area contributed by atoms with E-state index in [0.717, 1.165) is 0 Å². The minimum atomic E-state index is -5.22. The molecule has 1 nitrogen and oxygen atoms in total. The van der Waals surface area contributed by atoms with Crippen LogP contribution < -0.4 is 0 Å². The normalized spacial score (nSPS) is 17.2. The van der Waals surface area contributed by atoms with Crippen LogP contribution >= 0.6 is 0 Å². The summed E-state index contributed by atoms with van der Waals surface area (Å²) in [6, 6.07) is 0. The van der Waals surface area contributed by atoms with Gasteiger partial charge in [0.05, 0.1) is 0 Å². The average molecular weight is 172 g/mol. The predicted molar refractivity (Wildman–Crippen MR) is 22.8 cm³/mol. The van der Waals surface area contributed by atoms with E-state index in [1.54, 1.807) is 0 Å². The topological polar surface area (TPSA) is 20.2 Å². The zero-order valence-corrected chi connectivity index (χ0v) is 6.91. The number of aliphatic hydroxyl groups excluding tert-OH is 1. The number of halogens is 5. The molecule has 0 saturated heterocycles. The summed E-state index contributed by atoms with van der Waals surface area (Å²) in [6.45, 7) is 0. The van der Waals surface area contributed by atoms with Gasteiger partial charge in [-0.15, -0.1) is 0 Å². The molecule has 0 aliphatic rings. The van der Waals surface area contributed by atoms with Gasteiger partial charge in [0.25, 0.3) is 0 Å². The summed E-state index contributed by atoms with van der Waals surface area (Å²) < 4.78 is 53.1. The number of aliphatic hydroxyl groups is 1. The van der Waals surface area contributed by atoms with E-state index in [2.05, 4.69) is 0 Å². The Bertz CT molecular complexity index is 101. The Kier molecular flexibility index (Phi) is 3.10. The van der Waals surface area contributed by atoms with E-state index in [0.29, 0.717) is 0 Å². The third-order valence-electron chi connectivity index (χ3n) is 0.790. The standard InChI is InChI=1S/C3H2F5O.Na/c4-2(5)1(9)3(6,7)8;/h1,9H;. The van der Waals surface area contributed by atoms with Crippen LogP contribution in [0, 0.1) is 0 Å². The van der Waals surface area contributed by atoms with Crippen molar-refractivity contribution in [2.24, 2.45) is 0 Å². The molecule has 10 heavy (non-hydrogen) atoms. The number of hydrogen-bond acceptors (Lipinski definition) is 1. The van der Waals surface area contributed by atoms with Gasteiger partial charge in [-0.25, -0.2) is 0 Å². The molecule has 1 unspecified atom stereocenters. The van der Waals surface area contributed by atoms with Crippen LogP contribution in [0.2, 0.25) is 0 Å². The van der Waals surface area contributed by atoms with Gasteiger partial charge in [0.15, 0.2) is 0 Å². The van der Waals surface area contributed by atoms with E-state index in [-0.39, 0.29) is 0 Å². The first-order valence-electron chi connectivity index (χ1n) is 2.28. The van der Waals surface area contributed by atoms with Crippen molar-refractivity contribution < 1.29 is 27.1 Å². The second-order valence-corrected chi connectivity index (χ2v) is 3.23. The molecule has 0 saturated carbocycles. The van der Waals surface area contributed by atoms with Crippen LogP contribution in [0.5, 0.6) is 0 Å². The van der Waals surface area contributed by atoms with Gasteiger partial charge in [-0.3, -0.25) is 0 Å². The summed E-state index contributed by atoms with van der Waals surface area (Å²) >= 11 is -1.01. The summed E-state index contributed by atoms with van der Waals surface area (Å²) in [5.41, 5.74) is 0. The molecule has 0 bridgehead atoms. The monoisotopic (exact) mass is 172 g/mol. The Hall–Kier alpha value is 0.610. The molecule has 0 aliphatic heterocycles. The van der Waals surface area contributed by atoms with Crippen LogP contribution in [0.3, 0.4) is 0 Å². The van der Waals surface area contributed by atoms with Gasteiger partial charge in [0.2, 0.25) is 0 Å². The molecule has 0 rings (SSSR count). The van der Waals surface area contributed by atoms with Crippen molar-refractivity contribution in [3.8, 4) is 0 Å². The maximum absolute atomic E-state index is 11.7. The Morgan fingerprint density at radius 3 is 1.40 bits per heavy atom. The SMILES string of the molecule is OC(C(F)(F)F)[C](F)(F)[Na]. The summed E-state index contributed by atoms with van der Waals surface area (Å²) in [4.78, 5) is 0. The zero-order chi connectivity index (χ0) is 8.58. The molecule has 56 valence electrons. The maximum atomic E-state index is 11.7. The van der Waals surface area contributed by atoms with E-state index < -0.39 is 43.4 Å². The Balaban J connectivity index is 4.23. The average Bonchev–Trinajstić information content (AvgIpc) is 1.59. The first-order valence-corrected chi connectivity index (χ1v) is 3.28. The summed E-state index contributed by atoms with van der Waals surface area (Å²) in [6.07, 6.45) is -8.72. The molecule has 7 heteroatoms. The van der Waals surface area contributed by atoms with Crippen molar-refractivity contribution in [1.29, 1.82) is 0 Å². The molecule has 0 spiro atoms. The zero-order valence-electron chi connectivity index (χ0n) is 4.91. The van der Waals surface area contributed by atoms with Crippen molar-refractivity contribution >= 4 is 27.9 Å².